The fourth-order valence-corrected chi connectivity index (χ4v) is 1.60. The van der Waals surface area contributed by atoms with Crippen LogP contribution in [0.5, 0.6) is 5.75 Å². The van der Waals surface area contributed by atoms with E-state index in [1.54, 1.807) is 7.11 Å². The highest BCUT2D eigenvalue weighted by molar-refractivity contribution is 5.81. The minimum absolute atomic E-state index is 0.0385. The maximum Gasteiger partial charge on any atom is 0.236 e. The van der Waals surface area contributed by atoms with Crippen LogP contribution in [0.4, 0.5) is 0 Å². The van der Waals surface area contributed by atoms with Crippen LogP contribution in [0, 0.1) is 5.92 Å². The molecule has 0 bridgehead atoms. The average Bonchev–Trinajstić information content (AvgIpc) is 2.42. The monoisotopic (exact) mass is 264 g/mol. The van der Waals surface area contributed by atoms with Gasteiger partial charge in [0, 0.05) is 13.1 Å². The van der Waals surface area contributed by atoms with Crippen molar-refractivity contribution in [3.8, 4) is 5.75 Å². The molecule has 1 rings (SSSR count). The fraction of sp³-hybridized carbons (Fsp3) is 0.533. The first-order valence-corrected chi connectivity index (χ1v) is 6.67. The number of hydrogen-bond donors (Lipinski definition) is 2. The van der Waals surface area contributed by atoms with E-state index in [0.717, 1.165) is 11.3 Å². The van der Waals surface area contributed by atoms with E-state index in [4.69, 9.17) is 4.74 Å². The second kappa shape index (κ2) is 7.79. The van der Waals surface area contributed by atoms with Gasteiger partial charge in [0.1, 0.15) is 5.75 Å². The van der Waals surface area contributed by atoms with Gasteiger partial charge in [-0.2, -0.15) is 0 Å². The maximum absolute atomic E-state index is 11.8. The van der Waals surface area contributed by atoms with Crippen LogP contribution in [0.3, 0.4) is 0 Å². The molecule has 0 heterocycles. The molecule has 1 atom stereocenters. The zero-order chi connectivity index (χ0) is 14.3. The number of carbonyl (C=O) groups excluding carboxylic acids is 1. The Balaban J connectivity index is 2.40. The zero-order valence-electron chi connectivity index (χ0n) is 12.2. The minimum atomic E-state index is -0.204. The molecule has 0 aliphatic carbocycles. The molecule has 19 heavy (non-hydrogen) atoms. The lowest BCUT2D eigenvalue weighted by molar-refractivity contribution is -0.122. The number of rotatable bonds is 7. The molecule has 0 saturated heterocycles. The van der Waals surface area contributed by atoms with Gasteiger partial charge >= 0.3 is 0 Å². The molecule has 0 aromatic heterocycles. The second-order valence-corrected chi connectivity index (χ2v) is 5.09. The lowest BCUT2D eigenvalue weighted by Gasteiger charge is -2.15. The van der Waals surface area contributed by atoms with Gasteiger partial charge in [-0.25, -0.2) is 0 Å². The van der Waals surface area contributed by atoms with E-state index in [0.29, 0.717) is 19.0 Å². The topological polar surface area (TPSA) is 50.4 Å². The summed E-state index contributed by atoms with van der Waals surface area (Å²) in [6, 6.07) is 7.62. The van der Waals surface area contributed by atoms with Crippen LogP contribution in [0.15, 0.2) is 24.3 Å². The van der Waals surface area contributed by atoms with Crippen molar-refractivity contribution in [2.24, 2.45) is 5.92 Å². The highest BCUT2D eigenvalue weighted by Gasteiger charge is 2.11. The highest BCUT2D eigenvalue weighted by Crippen LogP contribution is 2.12. The third-order valence-corrected chi connectivity index (χ3v) is 2.82. The first-order valence-electron chi connectivity index (χ1n) is 6.67. The van der Waals surface area contributed by atoms with Crippen molar-refractivity contribution >= 4 is 5.91 Å². The van der Waals surface area contributed by atoms with Crippen molar-refractivity contribution in [1.82, 2.24) is 10.6 Å². The molecule has 0 aliphatic rings. The molecule has 1 aromatic rings. The lowest BCUT2D eigenvalue weighted by Crippen LogP contribution is -2.42. The first kappa shape index (κ1) is 15.5. The minimum Gasteiger partial charge on any atom is -0.497 e. The summed E-state index contributed by atoms with van der Waals surface area (Å²) in [6.45, 7) is 7.39. The van der Waals surface area contributed by atoms with Gasteiger partial charge < -0.3 is 15.4 Å². The Labute approximate surface area is 115 Å². The van der Waals surface area contributed by atoms with Gasteiger partial charge in [0.2, 0.25) is 5.91 Å². The van der Waals surface area contributed by atoms with Gasteiger partial charge in [0.25, 0.3) is 0 Å². The lowest BCUT2D eigenvalue weighted by atomic mass is 10.2. The number of nitrogens with one attached hydrogen (secondary N) is 2. The third kappa shape index (κ3) is 5.75. The Morgan fingerprint density at radius 2 is 2.05 bits per heavy atom. The van der Waals surface area contributed by atoms with Crippen LogP contribution in [-0.2, 0) is 11.3 Å². The van der Waals surface area contributed by atoms with Crippen LogP contribution < -0.4 is 15.4 Å². The van der Waals surface area contributed by atoms with E-state index in [-0.39, 0.29) is 11.9 Å². The van der Waals surface area contributed by atoms with Crippen LogP contribution in [0.2, 0.25) is 0 Å². The second-order valence-electron chi connectivity index (χ2n) is 5.09. The Morgan fingerprint density at radius 3 is 2.68 bits per heavy atom. The van der Waals surface area contributed by atoms with Crippen LogP contribution in [0.25, 0.3) is 0 Å². The Hall–Kier alpha value is -1.55. The molecule has 2 N–H and O–H groups in total. The molecular formula is C15H24N2O2. The molecule has 0 aliphatic heterocycles. The Morgan fingerprint density at radius 1 is 1.32 bits per heavy atom. The van der Waals surface area contributed by atoms with Gasteiger partial charge in [-0.15, -0.1) is 0 Å². The average molecular weight is 264 g/mol. The molecule has 1 aromatic carbocycles. The highest BCUT2D eigenvalue weighted by atomic mass is 16.5. The molecule has 1 amide bonds. The van der Waals surface area contributed by atoms with Gasteiger partial charge in [-0.1, -0.05) is 26.0 Å². The van der Waals surface area contributed by atoms with Crippen molar-refractivity contribution in [3.63, 3.8) is 0 Å². The number of benzene rings is 1. The predicted molar refractivity (Wildman–Crippen MR) is 77.1 cm³/mol. The smallest absolute Gasteiger partial charge is 0.236 e. The quantitative estimate of drug-likeness (QED) is 0.791. The first-order chi connectivity index (χ1) is 9.02. The van der Waals surface area contributed by atoms with E-state index in [1.165, 1.54) is 0 Å². The van der Waals surface area contributed by atoms with Gasteiger partial charge in [0.15, 0.2) is 0 Å². The normalized spacial score (nSPS) is 12.3. The molecular weight excluding hydrogens is 240 g/mol. The summed E-state index contributed by atoms with van der Waals surface area (Å²) in [4.78, 5) is 11.8. The Kier molecular flexibility index (Phi) is 6.36. The van der Waals surface area contributed by atoms with E-state index >= 15 is 0 Å². The van der Waals surface area contributed by atoms with Gasteiger partial charge in [-0.3, -0.25) is 4.79 Å². The summed E-state index contributed by atoms with van der Waals surface area (Å²) < 4.78 is 5.17. The summed E-state index contributed by atoms with van der Waals surface area (Å²) >= 11 is 0. The molecule has 0 spiro atoms. The molecule has 0 fully saturated rings. The van der Waals surface area contributed by atoms with Gasteiger partial charge in [0.05, 0.1) is 13.2 Å². The molecule has 1 unspecified atom stereocenters. The maximum atomic E-state index is 11.8. The van der Waals surface area contributed by atoms with E-state index < -0.39 is 0 Å². The predicted octanol–water partition coefficient (Wildman–Crippen LogP) is 1.95. The fourth-order valence-electron chi connectivity index (χ4n) is 1.60. The van der Waals surface area contributed by atoms with Crippen LogP contribution in [0.1, 0.15) is 26.3 Å². The number of carbonyl (C=O) groups is 1. The molecule has 4 nitrogen and oxygen atoms in total. The zero-order valence-corrected chi connectivity index (χ0v) is 12.2. The molecule has 0 saturated carbocycles. The van der Waals surface area contributed by atoms with E-state index in [9.17, 15) is 4.79 Å². The Bertz CT molecular complexity index is 405. The van der Waals surface area contributed by atoms with Crippen molar-refractivity contribution in [3.05, 3.63) is 29.8 Å². The largest absolute Gasteiger partial charge is 0.497 e. The number of amides is 1. The van der Waals surface area contributed by atoms with Crippen LogP contribution >= 0.6 is 0 Å². The van der Waals surface area contributed by atoms with Crippen molar-refractivity contribution in [2.75, 3.05) is 13.7 Å². The number of hydrogen-bond acceptors (Lipinski definition) is 3. The number of methoxy groups -OCH3 is 1. The van der Waals surface area contributed by atoms with Crippen molar-refractivity contribution < 1.29 is 9.53 Å². The number of ether oxygens (including phenoxy) is 1. The molecule has 4 heteroatoms. The van der Waals surface area contributed by atoms with E-state index in [2.05, 4.69) is 24.5 Å². The molecule has 106 valence electrons. The summed E-state index contributed by atoms with van der Waals surface area (Å²) in [5, 5.41) is 6.12. The molecule has 0 radical (unpaired) electrons. The van der Waals surface area contributed by atoms with Crippen molar-refractivity contribution in [1.29, 1.82) is 0 Å². The SMILES string of the molecule is COc1cccc(CNC(C)C(=O)NCC(C)C)c1. The van der Waals surface area contributed by atoms with E-state index in [1.807, 2.05) is 31.2 Å². The summed E-state index contributed by atoms with van der Waals surface area (Å²) in [5.74, 6) is 1.34. The summed E-state index contributed by atoms with van der Waals surface area (Å²) in [6.07, 6.45) is 0. The van der Waals surface area contributed by atoms with Gasteiger partial charge in [-0.05, 0) is 30.5 Å². The third-order valence-electron chi connectivity index (χ3n) is 2.82. The van der Waals surface area contributed by atoms with Crippen LogP contribution in [-0.4, -0.2) is 25.6 Å². The summed E-state index contributed by atoms with van der Waals surface area (Å²) in [7, 11) is 1.65. The summed E-state index contributed by atoms with van der Waals surface area (Å²) in [5.41, 5.74) is 1.10. The standard InChI is InChI=1S/C15H24N2O2/c1-11(2)9-17-15(18)12(3)16-10-13-6-5-7-14(8-13)19-4/h5-8,11-12,16H,9-10H2,1-4H3,(H,17,18). The van der Waals surface area contributed by atoms with Crippen molar-refractivity contribution in [2.45, 2.75) is 33.4 Å².